The largest absolute Gasteiger partial charge is 0.491 e. The van der Waals surface area contributed by atoms with Crippen LogP contribution in [-0.2, 0) is 9.53 Å². The highest BCUT2D eigenvalue weighted by Crippen LogP contribution is 2.18. The maximum absolute atomic E-state index is 11.8. The van der Waals surface area contributed by atoms with Crippen LogP contribution in [-0.4, -0.2) is 32.3 Å². The number of benzene rings is 2. The summed E-state index contributed by atoms with van der Waals surface area (Å²) in [6, 6.07) is 14.0. The average molecular weight is 350 g/mol. The SMILES string of the molecule is CCOCCOc1ccc(OCC(=O)Nc2cccc(Cl)c2)cc1. The zero-order chi connectivity index (χ0) is 17.2. The Morgan fingerprint density at radius 1 is 1.04 bits per heavy atom. The smallest absolute Gasteiger partial charge is 0.262 e. The van der Waals surface area contributed by atoms with Gasteiger partial charge in [-0.05, 0) is 49.4 Å². The van der Waals surface area contributed by atoms with Crippen molar-refractivity contribution in [2.24, 2.45) is 0 Å². The molecule has 0 heterocycles. The number of hydrogen-bond acceptors (Lipinski definition) is 4. The Hall–Kier alpha value is -2.24. The molecular formula is C18H20ClNO4. The summed E-state index contributed by atoms with van der Waals surface area (Å²) in [6.07, 6.45) is 0. The zero-order valence-electron chi connectivity index (χ0n) is 13.5. The van der Waals surface area contributed by atoms with Crippen LogP contribution in [0.25, 0.3) is 0 Å². The van der Waals surface area contributed by atoms with Crippen LogP contribution in [0.4, 0.5) is 5.69 Å². The minimum absolute atomic E-state index is 0.0863. The van der Waals surface area contributed by atoms with Crippen molar-refractivity contribution in [2.45, 2.75) is 6.92 Å². The van der Waals surface area contributed by atoms with Crippen molar-refractivity contribution in [1.82, 2.24) is 0 Å². The highest BCUT2D eigenvalue weighted by atomic mass is 35.5. The lowest BCUT2D eigenvalue weighted by molar-refractivity contribution is -0.118. The highest BCUT2D eigenvalue weighted by molar-refractivity contribution is 6.30. The summed E-state index contributed by atoms with van der Waals surface area (Å²) in [5.41, 5.74) is 0.633. The molecule has 24 heavy (non-hydrogen) atoms. The maximum Gasteiger partial charge on any atom is 0.262 e. The molecule has 5 nitrogen and oxygen atoms in total. The standard InChI is InChI=1S/C18H20ClNO4/c1-2-22-10-11-23-16-6-8-17(9-7-16)24-13-18(21)20-15-5-3-4-14(19)12-15/h3-9,12H,2,10-11,13H2,1H3,(H,20,21). The van der Waals surface area contributed by atoms with E-state index < -0.39 is 0 Å². The fraction of sp³-hybridized carbons (Fsp3) is 0.278. The highest BCUT2D eigenvalue weighted by Gasteiger charge is 2.04. The first kappa shape index (κ1) is 18.1. The molecule has 0 radical (unpaired) electrons. The molecule has 128 valence electrons. The monoisotopic (exact) mass is 349 g/mol. The number of anilines is 1. The van der Waals surface area contributed by atoms with Gasteiger partial charge in [0.15, 0.2) is 6.61 Å². The third kappa shape index (κ3) is 6.48. The third-order valence-corrected chi connectivity index (χ3v) is 3.24. The fourth-order valence-electron chi connectivity index (χ4n) is 1.91. The van der Waals surface area contributed by atoms with Crippen molar-refractivity contribution < 1.29 is 19.0 Å². The lowest BCUT2D eigenvalue weighted by atomic mass is 10.3. The summed E-state index contributed by atoms with van der Waals surface area (Å²) in [4.78, 5) is 11.8. The van der Waals surface area contributed by atoms with Gasteiger partial charge in [-0.3, -0.25) is 4.79 Å². The average Bonchev–Trinajstić information content (AvgIpc) is 2.58. The molecule has 0 aliphatic carbocycles. The van der Waals surface area contributed by atoms with Gasteiger partial charge in [-0.25, -0.2) is 0 Å². The van der Waals surface area contributed by atoms with E-state index in [2.05, 4.69) is 5.32 Å². The number of amides is 1. The molecule has 0 unspecified atom stereocenters. The molecule has 6 heteroatoms. The summed E-state index contributed by atoms with van der Waals surface area (Å²) >= 11 is 5.87. The summed E-state index contributed by atoms with van der Waals surface area (Å²) < 4.78 is 16.1. The molecule has 0 saturated carbocycles. The van der Waals surface area contributed by atoms with Crippen molar-refractivity contribution in [1.29, 1.82) is 0 Å². The molecule has 0 fully saturated rings. The van der Waals surface area contributed by atoms with Crippen LogP contribution in [0.3, 0.4) is 0 Å². The zero-order valence-corrected chi connectivity index (χ0v) is 14.2. The van der Waals surface area contributed by atoms with E-state index in [1.807, 2.05) is 6.92 Å². The molecular weight excluding hydrogens is 330 g/mol. The van der Waals surface area contributed by atoms with Crippen molar-refractivity contribution in [3.8, 4) is 11.5 Å². The summed E-state index contributed by atoms with van der Waals surface area (Å²) in [5, 5.41) is 3.28. The normalized spacial score (nSPS) is 10.2. The van der Waals surface area contributed by atoms with E-state index in [4.69, 9.17) is 25.8 Å². The van der Waals surface area contributed by atoms with Gasteiger partial charge in [-0.15, -0.1) is 0 Å². The number of halogens is 1. The number of carbonyl (C=O) groups excluding carboxylic acids is 1. The van der Waals surface area contributed by atoms with Crippen molar-refractivity contribution in [3.63, 3.8) is 0 Å². The minimum atomic E-state index is -0.255. The van der Waals surface area contributed by atoms with Crippen LogP contribution in [0.5, 0.6) is 11.5 Å². The number of hydrogen-bond donors (Lipinski definition) is 1. The number of nitrogens with one attached hydrogen (secondary N) is 1. The van der Waals surface area contributed by atoms with Crippen LogP contribution in [0.1, 0.15) is 6.92 Å². The molecule has 0 spiro atoms. The topological polar surface area (TPSA) is 56.8 Å². The van der Waals surface area contributed by atoms with Gasteiger partial charge in [0.2, 0.25) is 0 Å². The van der Waals surface area contributed by atoms with E-state index in [1.54, 1.807) is 48.5 Å². The Labute approximate surface area is 146 Å². The van der Waals surface area contributed by atoms with Gasteiger partial charge in [0.25, 0.3) is 5.91 Å². The van der Waals surface area contributed by atoms with E-state index >= 15 is 0 Å². The van der Waals surface area contributed by atoms with Crippen molar-refractivity contribution >= 4 is 23.2 Å². The Morgan fingerprint density at radius 3 is 2.42 bits per heavy atom. The van der Waals surface area contributed by atoms with E-state index in [0.29, 0.717) is 36.3 Å². The van der Waals surface area contributed by atoms with Gasteiger partial charge in [-0.2, -0.15) is 0 Å². The van der Waals surface area contributed by atoms with E-state index in [9.17, 15) is 4.79 Å². The fourth-order valence-corrected chi connectivity index (χ4v) is 2.10. The lowest BCUT2D eigenvalue weighted by Crippen LogP contribution is -2.20. The van der Waals surface area contributed by atoms with Gasteiger partial charge in [0, 0.05) is 17.3 Å². The van der Waals surface area contributed by atoms with E-state index in [1.165, 1.54) is 0 Å². The van der Waals surface area contributed by atoms with Gasteiger partial charge in [-0.1, -0.05) is 17.7 Å². The van der Waals surface area contributed by atoms with Crippen LogP contribution in [0, 0.1) is 0 Å². The molecule has 1 N–H and O–H groups in total. The number of rotatable bonds is 9. The molecule has 0 bridgehead atoms. The number of ether oxygens (including phenoxy) is 3. The van der Waals surface area contributed by atoms with Crippen LogP contribution in [0.15, 0.2) is 48.5 Å². The molecule has 0 aliphatic heterocycles. The Bertz CT molecular complexity index is 646. The van der Waals surface area contributed by atoms with Gasteiger partial charge in [0.1, 0.15) is 18.1 Å². The predicted molar refractivity (Wildman–Crippen MR) is 94.0 cm³/mol. The maximum atomic E-state index is 11.8. The second-order valence-electron chi connectivity index (χ2n) is 4.86. The molecule has 0 saturated heterocycles. The predicted octanol–water partition coefficient (Wildman–Crippen LogP) is 3.77. The van der Waals surface area contributed by atoms with Crippen molar-refractivity contribution in [3.05, 3.63) is 53.6 Å². The van der Waals surface area contributed by atoms with E-state index in [-0.39, 0.29) is 12.5 Å². The Morgan fingerprint density at radius 2 is 1.75 bits per heavy atom. The Kier molecular flexibility index (Phi) is 7.39. The first-order chi connectivity index (χ1) is 11.7. The van der Waals surface area contributed by atoms with Crippen LogP contribution in [0.2, 0.25) is 5.02 Å². The van der Waals surface area contributed by atoms with Crippen LogP contribution >= 0.6 is 11.6 Å². The van der Waals surface area contributed by atoms with E-state index in [0.717, 1.165) is 5.75 Å². The lowest BCUT2D eigenvalue weighted by Gasteiger charge is -2.09. The first-order valence-corrected chi connectivity index (χ1v) is 8.04. The second-order valence-corrected chi connectivity index (χ2v) is 5.30. The summed E-state index contributed by atoms with van der Waals surface area (Å²) in [7, 11) is 0. The quantitative estimate of drug-likeness (QED) is 0.700. The van der Waals surface area contributed by atoms with Gasteiger partial charge in [0.05, 0.1) is 6.61 Å². The third-order valence-electron chi connectivity index (χ3n) is 3.00. The second kappa shape index (κ2) is 9.80. The van der Waals surface area contributed by atoms with Gasteiger partial charge < -0.3 is 19.5 Å². The number of carbonyl (C=O) groups is 1. The van der Waals surface area contributed by atoms with Crippen LogP contribution < -0.4 is 14.8 Å². The summed E-state index contributed by atoms with van der Waals surface area (Å²) in [6.45, 7) is 3.58. The first-order valence-electron chi connectivity index (χ1n) is 7.66. The molecule has 1 amide bonds. The summed E-state index contributed by atoms with van der Waals surface area (Å²) in [5.74, 6) is 1.06. The van der Waals surface area contributed by atoms with Gasteiger partial charge >= 0.3 is 0 Å². The Balaban J connectivity index is 1.74. The molecule has 0 aromatic heterocycles. The molecule has 0 atom stereocenters. The molecule has 0 aliphatic rings. The minimum Gasteiger partial charge on any atom is -0.491 e. The molecule has 2 aromatic rings. The molecule has 2 rings (SSSR count). The van der Waals surface area contributed by atoms with Crippen molar-refractivity contribution in [2.75, 3.05) is 31.7 Å². The molecule has 2 aromatic carbocycles.